The summed E-state index contributed by atoms with van der Waals surface area (Å²) < 4.78 is 0. The fraction of sp³-hybridized carbons (Fsp3) is 0.182. The quantitative estimate of drug-likeness (QED) is 0.498. The molecule has 6 heteroatoms. The monoisotopic (exact) mass is 255 g/mol. The van der Waals surface area contributed by atoms with E-state index in [-0.39, 0.29) is 12.0 Å². The molecule has 0 unspecified atom stereocenters. The van der Waals surface area contributed by atoms with Crippen LogP contribution < -0.4 is 0 Å². The van der Waals surface area contributed by atoms with Crippen molar-refractivity contribution in [2.45, 2.75) is 6.42 Å². The molecule has 1 N–H and O–H groups in total. The fourth-order valence-electron chi connectivity index (χ4n) is 1.21. The summed E-state index contributed by atoms with van der Waals surface area (Å²) in [5.41, 5.74) is 0.652. The Bertz CT molecular complexity index is 453. The Balaban J connectivity index is 2.86. The molecule has 1 rings (SSSR count). The smallest absolute Gasteiger partial charge is 0.331 e. The molecule has 0 spiro atoms. The molecule has 0 saturated heterocycles. The SMILES string of the molecule is O=C(O)/C(=C/c1ccc(Cl)cc1)CC[N+](=O)[O-]. The number of aliphatic carboxylic acids is 1. The van der Waals surface area contributed by atoms with Gasteiger partial charge in [-0.25, -0.2) is 4.79 Å². The summed E-state index contributed by atoms with van der Waals surface area (Å²) in [4.78, 5) is 20.5. The number of rotatable bonds is 5. The second kappa shape index (κ2) is 6.00. The molecule has 90 valence electrons. The van der Waals surface area contributed by atoms with Crippen LogP contribution >= 0.6 is 11.6 Å². The average molecular weight is 256 g/mol. The van der Waals surface area contributed by atoms with Crippen LogP contribution in [0.2, 0.25) is 5.02 Å². The molecule has 0 aliphatic carbocycles. The molecule has 0 fully saturated rings. The molecule has 0 heterocycles. The maximum atomic E-state index is 10.9. The Morgan fingerprint density at radius 3 is 2.47 bits per heavy atom. The van der Waals surface area contributed by atoms with Crippen LogP contribution in [-0.2, 0) is 4.79 Å². The summed E-state index contributed by atoms with van der Waals surface area (Å²) in [6, 6.07) is 6.55. The first-order chi connectivity index (χ1) is 7.99. The van der Waals surface area contributed by atoms with Gasteiger partial charge >= 0.3 is 5.97 Å². The van der Waals surface area contributed by atoms with Crippen molar-refractivity contribution >= 4 is 23.6 Å². The molecule has 17 heavy (non-hydrogen) atoms. The van der Waals surface area contributed by atoms with Gasteiger partial charge < -0.3 is 5.11 Å². The van der Waals surface area contributed by atoms with Gasteiger partial charge in [-0.2, -0.15) is 0 Å². The molecule has 0 aliphatic rings. The van der Waals surface area contributed by atoms with Gasteiger partial charge in [0.2, 0.25) is 6.54 Å². The minimum Gasteiger partial charge on any atom is -0.478 e. The predicted octanol–water partition coefficient (Wildman–Crippen LogP) is 2.47. The third-order valence-corrected chi connectivity index (χ3v) is 2.30. The second-order valence-electron chi connectivity index (χ2n) is 3.33. The number of nitrogens with zero attached hydrogens (tertiary/aromatic N) is 1. The summed E-state index contributed by atoms with van der Waals surface area (Å²) in [6.07, 6.45) is 1.30. The zero-order chi connectivity index (χ0) is 12.8. The number of carboxylic acids is 1. The Labute approximate surface area is 102 Å². The fourth-order valence-corrected chi connectivity index (χ4v) is 1.34. The predicted molar refractivity (Wildman–Crippen MR) is 63.5 cm³/mol. The number of hydrogen-bond donors (Lipinski definition) is 1. The summed E-state index contributed by atoms with van der Waals surface area (Å²) >= 11 is 5.69. The van der Waals surface area contributed by atoms with Crippen molar-refractivity contribution in [1.82, 2.24) is 0 Å². The van der Waals surface area contributed by atoms with Gasteiger partial charge in [0.15, 0.2) is 0 Å². The van der Waals surface area contributed by atoms with Crippen LogP contribution in [0.5, 0.6) is 0 Å². The summed E-state index contributed by atoms with van der Waals surface area (Å²) in [5, 5.41) is 19.6. The number of halogens is 1. The van der Waals surface area contributed by atoms with E-state index in [9.17, 15) is 14.9 Å². The highest BCUT2D eigenvalue weighted by atomic mass is 35.5. The van der Waals surface area contributed by atoms with E-state index in [1.165, 1.54) is 6.08 Å². The molecule has 1 aromatic carbocycles. The first kappa shape index (κ1) is 13.2. The van der Waals surface area contributed by atoms with Crippen LogP contribution in [-0.4, -0.2) is 22.5 Å². The summed E-state index contributed by atoms with van der Waals surface area (Å²) in [7, 11) is 0. The van der Waals surface area contributed by atoms with Gasteiger partial charge in [-0.15, -0.1) is 0 Å². The van der Waals surface area contributed by atoms with Gasteiger partial charge in [0.1, 0.15) is 0 Å². The average Bonchev–Trinajstić information content (AvgIpc) is 2.26. The first-order valence-electron chi connectivity index (χ1n) is 4.80. The van der Waals surface area contributed by atoms with Crippen LogP contribution in [0.25, 0.3) is 6.08 Å². The molecule has 1 aromatic rings. The maximum absolute atomic E-state index is 10.9. The van der Waals surface area contributed by atoms with Crippen molar-refractivity contribution < 1.29 is 14.8 Å². The Morgan fingerprint density at radius 1 is 1.41 bits per heavy atom. The van der Waals surface area contributed by atoms with E-state index in [0.717, 1.165) is 0 Å². The third kappa shape index (κ3) is 4.65. The normalized spacial score (nSPS) is 11.2. The third-order valence-electron chi connectivity index (χ3n) is 2.05. The van der Waals surface area contributed by atoms with Crippen molar-refractivity contribution in [1.29, 1.82) is 0 Å². The van der Waals surface area contributed by atoms with E-state index in [2.05, 4.69) is 0 Å². The minimum absolute atomic E-state index is 0.00372. The van der Waals surface area contributed by atoms with Gasteiger partial charge in [-0.3, -0.25) is 10.1 Å². The molecule has 0 bridgehead atoms. The van der Waals surface area contributed by atoms with Crippen molar-refractivity contribution in [3.8, 4) is 0 Å². The zero-order valence-corrected chi connectivity index (χ0v) is 9.55. The van der Waals surface area contributed by atoms with Gasteiger partial charge in [-0.1, -0.05) is 23.7 Å². The van der Waals surface area contributed by atoms with E-state index >= 15 is 0 Å². The summed E-state index contributed by atoms with van der Waals surface area (Å²) in [5.74, 6) is -1.15. The van der Waals surface area contributed by atoms with E-state index in [0.29, 0.717) is 10.6 Å². The lowest BCUT2D eigenvalue weighted by atomic mass is 10.1. The highest BCUT2D eigenvalue weighted by Gasteiger charge is 2.10. The highest BCUT2D eigenvalue weighted by Crippen LogP contribution is 2.14. The summed E-state index contributed by atoms with van der Waals surface area (Å²) in [6.45, 7) is -0.397. The van der Waals surface area contributed by atoms with E-state index in [1.54, 1.807) is 24.3 Å². The Hall–Kier alpha value is -1.88. The van der Waals surface area contributed by atoms with Gasteiger partial charge in [-0.05, 0) is 23.8 Å². The Morgan fingerprint density at radius 2 is 2.00 bits per heavy atom. The molecular weight excluding hydrogens is 246 g/mol. The lowest BCUT2D eigenvalue weighted by Crippen LogP contribution is -2.07. The molecule has 0 aromatic heterocycles. The van der Waals surface area contributed by atoms with Crippen LogP contribution in [0.3, 0.4) is 0 Å². The van der Waals surface area contributed by atoms with Crippen molar-refractivity contribution in [2.75, 3.05) is 6.54 Å². The van der Waals surface area contributed by atoms with Crippen LogP contribution in [0.1, 0.15) is 12.0 Å². The van der Waals surface area contributed by atoms with Crippen LogP contribution in [0.4, 0.5) is 0 Å². The first-order valence-corrected chi connectivity index (χ1v) is 5.18. The van der Waals surface area contributed by atoms with Crippen molar-refractivity contribution in [3.63, 3.8) is 0 Å². The largest absolute Gasteiger partial charge is 0.478 e. The molecule has 0 aliphatic heterocycles. The second-order valence-corrected chi connectivity index (χ2v) is 3.77. The minimum atomic E-state index is -1.15. The molecule has 5 nitrogen and oxygen atoms in total. The number of benzene rings is 1. The number of nitro groups is 1. The molecule has 0 atom stereocenters. The molecule has 0 radical (unpaired) electrons. The lowest BCUT2D eigenvalue weighted by molar-refractivity contribution is -0.479. The van der Waals surface area contributed by atoms with E-state index in [4.69, 9.17) is 16.7 Å². The molecular formula is C11H10ClNO4. The van der Waals surface area contributed by atoms with Crippen LogP contribution in [0.15, 0.2) is 29.8 Å². The van der Waals surface area contributed by atoms with Crippen LogP contribution in [0, 0.1) is 10.1 Å². The molecule has 0 amide bonds. The number of hydrogen-bond acceptors (Lipinski definition) is 3. The highest BCUT2D eigenvalue weighted by molar-refractivity contribution is 6.30. The van der Waals surface area contributed by atoms with E-state index in [1.807, 2.05) is 0 Å². The van der Waals surface area contributed by atoms with E-state index < -0.39 is 17.4 Å². The van der Waals surface area contributed by atoms with Gasteiger partial charge in [0.05, 0.1) is 0 Å². The van der Waals surface area contributed by atoms with Gasteiger partial charge in [0, 0.05) is 21.9 Å². The standard InChI is InChI=1S/C11H10ClNO4/c12-10-3-1-8(2-4-10)7-9(11(14)15)5-6-13(16)17/h1-4,7H,5-6H2,(H,14,15)/b9-7+. The zero-order valence-electron chi connectivity index (χ0n) is 8.80. The number of carboxylic acid groups (broad SMARTS) is 1. The maximum Gasteiger partial charge on any atom is 0.331 e. The molecule has 0 saturated carbocycles. The van der Waals surface area contributed by atoms with Gasteiger partial charge in [0.25, 0.3) is 0 Å². The van der Waals surface area contributed by atoms with Crippen molar-refractivity contribution in [2.24, 2.45) is 0 Å². The topological polar surface area (TPSA) is 80.4 Å². The lowest BCUT2D eigenvalue weighted by Gasteiger charge is -2.00. The number of carbonyl (C=O) groups is 1. The Kier molecular flexibility index (Phi) is 4.66. The van der Waals surface area contributed by atoms with Crippen molar-refractivity contribution in [3.05, 3.63) is 50.5 Å².